The van der Waals surface area contributed by atoms with Gasteiger partial charge in [-0.3, -0.25) is 4.90 Å². The second-order valence-corrected chi connectivity index (χ2v) is 8.05. The normalized spacial score (nSPS) is 31.8. The summed E-state index contributed by atoms with van der Waals surface area (Å²) in [4.78, 5) is 13.1. The Balaban J connectivity index is 1.51. The zero-order valence-corrected chi connectivity index (χ0v) is 13.5. The van der Waals surface area contributed by atoms with E-state index >= 15 is 0 Å². The molecule has 0 amide bonds. The van der Waals surface area contributed by atoms with Crippen molar-refractivity contribution in [3.05, 3.63) is 0 Å². The molecule has 3 rings (SSSR count). The van der Waals surface area contributed by atoms with Crippen molar-refractivity contribution in [2.75, 3.05) is 37.8 Å². The minimum Gasteiger partial charge on any atom is -0.480 e. The van der Waals surface area contributed by atoms with Crippen molar-refractivity contribution in [1.29, 1.82) is 0 Å². The zero-order chi connectivity index (χ0) is 14.9. The van der Waals surface area contributed by atoms with Crippen molar-refractivity contribution in [3.8, 4) is 0 Å². The molecule has 1 atom stereocenters. The topological polar surface area (TPSA) is 59.0 Å². The van der Waals surface area contributed by atoms with Crippen LogP contribution in [0.1, 0.15) is 32.6 Å². The standard InChI is InChI=1S/C15H25NO4S/c1-14(20-9-13(17)18)10-16(11-14)12-2-5-19-15(8-12)3-6-21-7-4-15/h12H,2-11H2,1H3,(H,17,18). The lowest BCUT2D eigenvalue weighted by Gasteiger charge is -2.54. The predicted octanol–water partition coefficient (Wildman–Crippen LogP) is 1.61. The molecule has 21 heavy (non-hydrogen) atoms. The maximum Gasteiger partial charge on any atom is 0.329 e. The molecule has 3 aliphatic rings. The molecular weight excluding hydrogens is 290 g/mol. The van der Waals surface area contributed by atoms with Gasteiger partial charge in [0, 0.05) is 25.7 Å². The summed E-state index contributed by atoms with van der Waals surface area (Å²) in [5.74, 6) is 1.54. The van der Waals surface area contributed by atoms with E-state index in [2.05, 4.69) is 4.90 Å². The molecule has 0 bridgehead atoms. The Labute approximate surface area is 130 Å². The Morgan fingerprint density at radius 1 is 1.43 bits per heavy atom. The third kappa shape index (κ3) is 3.55. The van der Waals surface area contributed by atoms with E-state index in [9.17, 15) is 4.79 Å². The highest BCUT2D eigenvalue weighted by Gasteiger charge is 2.47. The number of aliphatic carboxylic acids is 1. The summed E-state index contributed by atoms with van der Waals surface area (Å²) in [6.07, 6.45) is 4.57. The van der Waals surface area contributed by atoms with Crippen molar-refractivity contribution >= 4 is 17.7 Å². The lowest BCUT2D eigenvalue weighted by Crippen LogP contribution is -2.66. The van der Waals surface area contributed by atoms with Crippen LogP contribution in [0, 0.1) is 0 Å². The Kier molecular flexibility index (Phi) is 4.50. The highest BCUT2D eigenvalue weighted by atomic mass is 32.2. The average molecular weight is 315 g/mol. The number of likely N-dealkylation sites (tertiary alicyclic amines) is 1. The van der Waals surface area contributed by atoms with Crippen LogP contribution >= 0.6 is 11.8 Å². The minimum atomic E-state index is -0.889. The van der Waals surface area contributed by atoms with Crippen LogP contribution in [-0.2, 0) is 14.3 Å². The largest absolute Gasteiger partial charge is 0.480 e. The summed E-state index contributed by atoms with van der Waals surface area (Å²) in [5.41, 5.74) is -0.172. The lowest BCUT2D eigenvalue weighted by atomic mass is 9.82. The minimum absolute atomic E-state index is 0.113. The first-order chi connectivity index (χ1) is 10.0. The van der Waals surface area contributed by atoms with Crippen molar-refractivity contribution < 1.29 is 19.4 Å². The third-order valence-electron chi connectivity index (χ3n) is 5.01. The van der Waals surface area contributed by atoms with Gasteiger partial charge in [0.2, 0.25) is 0 Å². The molecule has 1 unspecified atom stereocenters. The summed E-state index contributed by atoms with van der Waals surface area (Å²) in [6, 6.07) is 0.573. The first-order valence-electron chi connectivity index (χ1n) is 7.82. The Morgan fingerprint density at radius 3 is 2.81 bits per heavy atom. The van der Waals surface area contributed by atoms with Crippen LogP contribution in [0.25, 0.3) is 0 Å². The van der Waals surface area contributed by atoms with Crippen LogP contribution in [0.2, 0.25) is 0 Å². The van der Waals surface area contributed by atoms with E-state index in [1.54, 1.807) is 0 Å². The van der Waals surface area contributed by atoms with Gasteiger partial charge >= 0.3 is 5.97 Å². The van der Waals surface area contributed by atoms with E-state index in [1.165, 1.54) is 24.3 Å². The molecule has 3 fully saturated rings. The van der Waals surface area contributed by atoms with Gasteiger partial charge in [-0.2, -0.15) is 11.8 Å². The fraction of sp³-hybridized carbons (Fsp3) is 0.933. The van der Waals surface area contributed by atoms with Crippen LogP contribution in [0.4, 0.5) is 0 Å². The molecule has 1 spiro atoms. The number of nitrogens with zero attached hydrogens (tertiary/aromatic N) is 1. The van der Waals surface area contributed by atoms with Crippen LogP contribution < -0.4 is 0 Å². The van der Waals surface area contributed by atoms with Crippen LogP contribution in [0.5, 0.6) is 0 Å². The number of rotatable bonds is 4. The first-order valence-corrected chi connectivity index (χ1v) is 8.97. The SMILES string of the molecule is CC1(OCC(=O)O)CN(C2CCOC3(CCSCC3)C2)C1. The lowest BCUT2D eigenvalue weighted by molar-refractivity contribution is -0.184. The van der Waals surface area contributed by atoms with Crippen molar-refractivity contribution in [3.63, 3.8) is 0 Å². The maximum absolute atomic E-state index is 10.6. The molecule has 0 aromatic rings. The van der Waals surface area contributed by atoms with Gasteiger partial charge in [0.15, 0.2) is 0 Å². The van der Waals surface area contributed by atoms with E-state index in [-0.39, 0.29) is 17.8 Å². The second-order valence-electron chi connectivity index (χ2n) is 6.83. The third-order valence-corrected chi connectivity index (χ3v) is 5.99. The summed E-state index contributed by atoms with van der Waals surface area (Å²) in [7, 11) is 0. The van der Waals surface area contributed by atoms with Crippen LogP contribution in [-0.4, -0.2) is 71.0 Å². The van der Waals surface area contributed by atoms with Gasteiger partial charge in [0.1, 0.15) is 6.61 Å². The van der Waals surface area contributed by atoms with Crippen molar-refractivity contribution in [2.45, 2.75) is 49.9 Å². The van der Waals surface area contributed by atoms with E-state index < -0.39 is 5.97 Å². The number of ether oxygens (including phenoxy) is 2. The molecular formula is C15H25NO4S. The van der Waals surface area contributed by atoms with Gasteiger partial charge in [0.05, 0.1) is 11.2 Å². The molecule has 5 nitrogen and oxygen atoms in total. The number of hydrogen-bond donors (Lipinski definition) is 1. The van der Waals surface area contributed by atoms with Gasteiger partial charge in [-0.05, 0) is 44.1 Å². The smallest absolute Gasteiger partial charge is 0.329 e. The zero-order valence-electron chi connectivity index (χ0n) is 12.7. The number of thioether (sulfide) groups is 1. The van der Waals surface area contributed by atoms with Crippen LogP contribution in [0.15, 0.2) is 0 Å². The molecule has 0 aromatic heterocycles. The van der Waals surface area contributed by atoms with Gasteiger partial charge < -0.3 is 14.6 Å². The summed E-state index contributed by atoms with van der Waals surface area (Å²) in [5, 5.41) is 8.72. The molecule has 0 radical (unpaired) electrons. The predicted molar refractivity (Wildman–Crippen MR) is 81.8 cm³/mol. The van der Waals surface area contributed by atoms with Crippen LogP contribution in [0.3, 0.4) is 0 Å². The quantitative estimate of drug-likeness (QED) is 0.850. The summed E-state index contributed by atoms with van der Waals surface area (Å²) < 4.78 is 11.6. The molecule has 120 valence electrons. The van der Waals surface area contributed by atoms with E-state index in [1.807, 2.05) is 18.7 Å². The van der Waals surface area contributed by atoms with Gasteiger partial charge in [0.25, 0.3) is 0 Å². The number of carbonyl (C=O) groups is 1. The molecule has 0 aliphatic carbocycles. The fourth-order valence-electron chi connectivity index (χ4n) is 3.80. The maximum atomic E-state index is 10.6. The molecule has 1 N–H and O–H groups in total. The van der Waals surface area contributed by atoms with Gasteiger partial charge in [-0.15, -0.1) is 0 Å². The van der Waals surface area contributed by atoms with Crippen molar-refractivity contribution in [2.24, 2.45) is 0 Å². The average Bonchev–Trinajstić information content (AvgIpc) is 2.43. The van der Waals surface area contributed by atoms with Gasteiger partial charge in [-0.25, -0.2) is 4.79 Å². The van der Waals surface area contributed by atoms with E-state index in [0.717, 1.165) is 32.5 Å². The molecule has 3 heterocycles. The Morgan fingerprint density at radius 2 is 2.14 bits per heavy atom. The molecule has 0 saturated carbocycles. The molecule has 0 aromatic carbocycles. The second kappa shape index (κ2) is 6.07. The van der Waals surface area contributed by atoms with Crippen molar-refractivity contribution in [1.82, 2.24) is 4.90 Å². The highest BCUT2D eigenvalue weighted by molar-refractivity contribution is 7.99. The first kappa shape index (κ1) is 15.6. The highest BCUT2D eigenvalue weighted by Crippen LogP contribution is 2.41. The molecule has 3 aliphatic heterocycles. The number of carboxylic acids is 1. The van der Waals surface area contributed by atoms with E-state index in [0.29, 0.717) is 6.04 Å². The monoisotopic (exact) mass is 315 g/mol. The fourth-order valence-corrected chi connectivity index (χ4v) is 5.04. The van der Waals surface area contributed by atoms with Gasteiger partial charge in [-0.1, -0.05) is 0 Å². The van der Waals surface area contributed by atoms with E-state index in [4.69, 9.17) is 14.6 Å². The molecule has 3 saturated heterocycles. The summed E-state index contributed by atoms with van der Waals surface area (Å²) >= 11 is 2.03. The molecule has 6 heteroatoms. The summed E-state index contributed by atoms with van der Waals surface area (Å²) in [6.45, 7) is 4.36. The Hall–Kier alpha value is -0.300. The number of carboxylic acid groups (broad SMARTS) is 1. The number of hydrogen-bond acceptors (Lipinski definition) is 5. The Bertz CT molecular complexity index is 386.